The van der Waals surface area contributed by atoms with E-state index in [9.17, 15) is 17.2 Å². The summed E-state index contributed by atoms with van der Waals surface area (Å²) in [6.45, 7) is 0.987. The zero-order chi connectivity index (χ0) is 17.2. The van der Waals surface area contributed by atoms with Crippen molar-refractivity contribution in [2.45, 2.75) is 30.4 Å². The monoisotopic (exact) mass is 373 g/mol. The summed E-state index contributed by atoms with van der Waals surface area (Å²) < 4.78 is 59.2. The minimum absolute atomic E-state index is 0.176. The van der Waals surface area contributed by atoms with Gasteiger partial charge in [0.25, 0.3) is 0 Å². The van der Waals surface area contributed by atoms with Gasteiger partial charge in [0.2, 0.25) is 10.0 Å². The van der Waals surface area contributed by atoms with Gasteiger partial charge < -0.3 is 4.74 Å². The van der Waals surface area contributed by atoms with Gasteiger partial charge in [-0.15, -0.1) is 11.3 Å². The summed E-state index contributed by atoms with van der Waals surface area (Å²) >= 11 is 1.45. The van der Waals surface area contributed by atoms with Gasteiger partial charge >= 0.3 is 0 Å². The number of benzene rings is 1. The van der Waals surface area contributed by atoms with E-state index >= 15 is 0 Å². The summed E-state index contributed by atoms with van der Waals surface area (Å²) in [5.74, 6) is -2.25. The summed E-state index contributed by atoms with van der Waals surface area (Å²) in [5.41, 5.74) is 0. The van der Waals surface area contributed by atoms with E-state index in [4.69, 9.17) is 4.74 Å². The topological polar surface area (TPSA) is 46.6 Å². The Morgan fingerprint density at radius 1 is 1.25 bits per heavy atom. The normalized spacial score (nSPS) is 18.4. The Morgan fingerprint density at radius 2 is 2.08 bits per heavy atom. The first kappa shape index (κ1) is 17.5. The molecular weight excluding hydrogens is 356 g/mol. The van der Waals surface area contributed by atoms with Crippen LogP contribution in [0.4, 0.5) is 8.78 Å². The van der Waals surface area contributed by atoms with Crippen LogP contribution in [0.5, 0.6) is 0 Å². The lowest BCUT2D eigenvalue weighted by Gasteiger charge is -2.24. The van der Waals surface area contributed by atoms with Crippen molar-refractivity contribution in [2.24, 2.45) is 0 Å². The SMILES string of the molecule is O=S(=O)(c1ccc(F)c(F)c1)N(Cc1cccs1)CC1CCCO1. The Morgan fingerprint density at radius 3 is 2.71 bits per heavy atom. The Kier molecular flexibility index (Phi) is 5.29. The molecule has 1 unspecified atom stereocenters. The number of ether oxygens (including phenoxy) is 1. The highest BCUT2D eigenvalue weighted by molar-refractivity contribution is 7.89. The molecule has 3 rings (SSSR count). The molecule has 0 spiro atoms. The summed E-state index contributed by atoms with van der Waals surface area (Å²) in [6.07, 6.45) is 1.50. The van der Waals surface area contributed by atoms with E-state index in [0.717, 1.165) is 35.9 Å². The lowest BCUT2D eigenvalue weighted by Crippen LogP contribution is -2.36. The van der Waals surface area contributed by atoms with Crippen molar-refractivity contribution in [1.82, 2.24) is 4.31 Å². The molecule has 4 nitrogen and oxygen atoms in total. The van der Waals surface area contributed by atoms with E-state index in [1.54, 1.807) is 0 Å². The van der Waals surface area contributed by atoms with Crippen molar-refractivity contribution in [3.8, 4) is 0 Å². The van der Waals surface area contributed by atoms with Crippen molar-refractivity contribution in [3.05, 3.63) is 52.2 Å². The fourth-order valence-electron chi connectivity index (χ4n) is 2.63. The summed E-state index contributed by atoms with van der Waals surface area (Å²) in [4.78, 5) is 0.620. The van der Waals surface area contributed by atoms with Crippen LogP contribution in [0.15, 0.2) is 40.6 Å². The minimum atomic E-state index is -3.95. The van der Waals surface area contributed by atoms with Crippen LogP contribution in [-0.4, -0.2) is 32.0 Å². The number of halogens is 2. The zero-order valence-electron chi connectivity index (χ0n) is 12.8. The molecule has 1 aliphatic heterocycles. The maximum Gasteiger partial charge on any atom is 0.243 e. The first-order chi connectivity index (χ1) is 11.5. The van der Waals surface area contributed by atoms with Gasteiger partial charge in [0.15, 0.2) is 11.6 Å². The molecule has 2 aromatic rings. The van der Waals surface area contributed by atoms with Crippen molar-refractivity contribution in [1.29, 1.82) is 0 Å². The Hall–Kier alpha value is -1.35. The zero-order valence-corrected chi connectivity index (χ0v) is 14.5. The van der Waals surface area contributed by atoms with Gasteiger partial charge in [0.1, 0.15) is 0 Å². The van der Waals surface area contributed by atoms with Crippen LogP contribution in [0.2, 0.25) is 0 Å². The van der Waals surface area contributed by atoms with Gasteiger partial charge in [-0.2, -0.15) is 4.31 Å². The third kappa shape index (κ3) is 3.83. The first-order valence-corrected chi connectivity index (χ1v) is 9.88. The molecule has 8 heteroatoms. The summed E-state index contributed by atoms with van der Waals surface area (Å²) in [5, 5.41) is 1.86. The van der Waals surface area contributed by atoms with E-state index in [2.05, 4.69) is 0 Å². The molecule has 0 N–H and O–H groups in total. The van der Waals surface area contributed by atoms with Gasteiger partial charge in [-0.1, -0.05) is 6.07 Å². The van der Waals surface area contributed by atoms with Crippen LogP contribution in [0.1, 0.15) is 17.7 Å². The molecule has 1 aliphatic rings. The summed E-state index contributed by atoms with van der Waals surface area (Å²) in [7, 11) is -3.95. The van der Waals surface area contributed by atoms with Crippen molar-refractivity contribution >= 4 is 21.4 Å². The van der Waals surface area contributed by atoms with E-state index in [0.29, 0.717) is 6.61 Å². The number of hydrogen-bond acceptors (Lipinski definition) is 4. The number of rotatable bonds is 6. The predicted octanol–water partition coefficient (Wildman–Crippen LogP) is 3.40. The van der Waals surface area contributed by atoms with Gasteiger partial charge in [-0.05, 0) is 42.5 Å². The van der Waals surface area contributed by atoms with Crippen LogP contribution < -0.4 is 0 Å². The second-order valence-electron chi connectivity index (χ2n) is 5.59. The molecular formula is C16H17F2NO3S2. The average Bonchev–Trinajstić information content (AvgIpc) is 3.23. The third-order valence-electron chi connectivity index (χ3n) is 3.87. The molecule has 1 fully saturated rings. The van der Waals surface area contributed by atoms with Crippen molar-refractivity contribution < 1.29 is 21.9 Å². The van der Waals surface area contributed by atoms with Crippen LogP contribution in [-0.2, 0) is 21.3 Å². The fraction of sp³-hybridized carbons (Fsp3) is 0.375. The van der Waals surface area contributed by atoms with Crippen molar-refractivity contribution in [3.63, 3.8) is 0 Å². The Bertz CT molecular complexity index is 788. The van der Waals surface area contributed by atoms with Crippen LogP contribution in [0.3, 0.4) is 0 Å². The summed E-state index contributed by atoms with van der Waals surface area (Å²) in [6, 6.07) is 6.33. The van der Waals surface area contributed by atoms with E-state index in [1.807, 2.05) is 17.5 Å². The fourth-order valence-corrected chi connectivity index (χ4v) is 4.89. The predicted molar refractivity (Wildman–Crippen MR) is 87.2 cm³/mol. The maximum atomic E-state index is 13.5. The van der Waals surface area contributed by atoms with Gasteiger partial charge in [0, 0.05) is 24.6 Å². The van der Waals surface area contributed by atoms with E-state index in [1.165, 1.54) is 15.6 Å². The first-order valence-electron chi connectivity index (χ1n) is 7.56. The molecule has 0 radical (unpaired) electrons. The van der Waals surface area contributed by atoms with Gasteiger partial charge in [-0.25, -0.2) is 17.2 Å². The molecule has 1 aromatic carbocycles. The highest BCUT2D eigenvalue weighted by Gasteiger charge is 2.30. The molecule has 0 aliphatic carbocycles. The molecule has 1 saturated heterocycles. The van der Waals surface area contributed by atoms with Crippen LogP contribution in [0, 0.1) is 11.6 Å². The van der Waals surface area contributed by atoms with Crippen molar-refractivity contribution in [2.75, 3.05) is 13.2 Å². The number of thiophene rings is 1. The number of hydrogen-bond donors (Lipinski definition) is 0. The largest absolute Gasteiger partial charge is 0.377 e. The highest BCUT2D eigenvalue weighted by atomic mass is 32.2. The highest BCUT2D eigenvalue weighted by Crippen LogP contribution is 2.24. The van der Waals surface area contributed by atoms with Gasteiger partial charge in [-0.3, -0.25) is 0 Å². The number of nitrogens with zero attached hydrogens (tertiary/aromatic N) is 1. The Balaban J connectivity index is 1.90. The smallest absolute Gasteiger partial charge is 0.243 e. The molecule has 1 atom stereocenters. The third-order valence-corrected chi connectivity index (χ3v) is 6.54. The standard InChI is InChI=1S/C16H17F2NO3S2/c17-15-6-5-14(9-16(15)18)24(20,21)19(10-12-3-1-7-22-12)11-13-4-2-8-23-13/h2,4-6,8-9,12H,1,3,7,10-11H2. The lowest BCUT2D eigenvalue weighted by atomic mass is 10.2. The van der Waals surface area contributed by atoms with Crippen LogP contribution >= 0.6 is 11.3 Å². The second kappa shape index (κ2) is 7.26. The Labute approximate surface area is 143 Å². The molecule has 0 bridgehead atoms. The maximum absolute atomic E-state index is 13.5. The molecule has 0 saturated carbocycles. The number of sulfonamides is 1. The van der Waals surface area contributed by atoms with Crippen LogP contribution in [0.25, 0.3) is 0 Å². The molecule has 130 valence electrons. The van der Waals surface area contributed by atoms with E-state index in [-0.39, 0.29) is 24.1 Å². The van der Waals surface area contributed by atoms with Gasteiger partial charge in [0.05, 0.1) is 11.0 Å². The van der Waals surface area contributed by atoms with E-state index < -0.39 is 21.7 Å². The molecule has 0 amide bonds. The second-order valence-corrected chi connectivity index (χ2v) is 8.56. The molecule has 1 aromatic heterocycles. The minimum Gasteiger partial charge on any atom is -0.377 e. The lowest BCUT2D eigenvalue weighted by molar-refractivity contribution is 0.0927. The molecule has 24 heavy (non-hydrogen) atoms. The quantitative estimate of drug-likeness (QED) is 0.780. The molecule has 2 heterocycles. The average molecular weight is 373 g/mol.